The number of aromatic nitrogens is 2. The van der Waals surface area contributed by atoms with Gasteiger partial charge in [0.25, 0.3) is 5.91 Å². The van der Waals surface area contributed by atoms with Gasteiger partial charge >= 0.3 is 0 Å². The molecular weight excluding hydrogens is 252 g/mol. The van der Waals surface area contributed by atoms with Crippen molar-refractivity contribution in [2.24, 2.45) is 0 Å². The number of anilines is 1. The third-order valence-electron chi connectivity index (χ3n) is 3.09. The van der Waals surface area contributed by atoms with Crippen molar-refractivity contribution in [3.63, 3.8) is 0 Å². The SMILES string of the molecule is CCNc1nnc(C(=O)N(C)C2CCOC2C)s1. The lowest BCUT2D eigenvalue weighted by atomic mass is 10.1. The molecule has 1 aliphatic heterocycles. The monoisotopic (exact) mass is 270 g/mol. The molecule has 0 aliphatic carbocycles. The minimum atomic E-state index is -0.0843. The zero-order chi connectivity index (χ0) is 13.1. The van der Waals surface area contributed by atoms with Crippen molar-refractivity contribution in [3.05, 3.63) is 5.01 Å². The lowest BCUT2D eigenvalue weighted by molar-refractivity contribution is 0.0573. The van der Waals surface area contributed by atoms with Gasteiger partial charge in [0, 0.05) is 20.2 Å². The van der Waals surface area contributed by atoms with Crippen molar-refractivity contribution >= 4 is 22.4 Å². The summed E-state index contributed by atoms with van der Waals surface area (Å²) in [6.07, 6.45) is 0.961. The largest absolute Gasteiger partial charge is 0.376 e. The maximum atomic E-state index is 12.2. The van der Waals surface area contributed by atoms with Gasteiger partial charge < -0.3 is 15.0 Å². The molecule has 0 radical (unpaired) electrons. The van der Waals surface area contributed by atoms with Crippen LogP contribution in [0.2, 0.25) is 0 Å². The van der Waals surface area contributed by atoms with E-state index in [1.165, 1.54) is 11.3 Å². The van der Waals surface area contributed by atoms with Crippen molar-refractivity contribution in [2.45, 2.75) is 32.4 Å². The van der Waals surface area contributed by atoms with E-state index in [1.54, 1.807) is 11.9 Å². The highest BCUT2D eigenvalue weighted by atomic mass is 32.1. The van der Waals surface area contributed by atoms with Crippen LogP contribution in [0.4, 0.5) is 5.13 Å². The number of rotatable bonds is 4. The maximum absolute atomic E-state index is 12.2. The van der Waals surface area contributed by atoms with E-state index in [-0.39, 0.29) is 18.1 Å². The van der Waals surface area contributed by atoms with E-state index in [1.807, 2.05) is 13.8 Å². The lowest BCUT2D eigenvalue weighted by Gasteiger charge is -2.25. The molecule has 1 amide bonds. The van der Waals surface area contributed by atoms with E-state index < -0.39 is 0 Å². The molecule has 2 unspecified atom stereocenters. The number of nitrogens with zero attached hydrogens (tertiary/aromatic N) is 3. The molecule has 0 spiro atoms. The van der Waals surface area contributed by atoms with Crippen molar-refractivity contribution in [3.8, 4) is 0 Å². The third-order valence-corrected chi connectivity index (χ3v) is 3.96. The Morgan fingerprint density at radius 1 is 1.61 bits per heavy atom. The van der Waals surface area contributed by atoms with E-state index in [2.05, 4.69) is 15.5 Å². The maximum Gasteiger partial charge on any atom is 0.284 e. The standard InChI is InChI=1S/C11H18N4O2S/c1-4-12-11-14-13-9(18-11)10(16)15(3)8-5-6-17-7(8)2/h7-8H,4-6H2,1-3H3,(H,12,14). The Morgan fingerprint density at radius 3 is 3.00 bits per heavy atom. The van der Waals surface area contributed by atoms with Crippen molar-refractivity contribution < 1.29 is 9.53 Å². The van der Waals surface area contributed by atoms with Crippen LogP contribution in [0.3, 0.4) is 0 Å². The van der Waals surface area contributed by atoms with Crippen LogP contribution in [-0.4, -0.2) is 53.3 Å². The Morgan fingerprint density at radius 2 is 2.39 bits per heavy atom. The molecule has 2 heterocycles. The minimum absolute atomic E-state index is 0.0834. The van der Waals surface area contributed by atoms with Crippen LogP contribution in [0.5, 0.6) is 0 Å². The molecule has 1 fully saturated rings. The predicted octanol–water partition coefficient (Wildman–Crippen LogP) is 1.22. The molecule has 0 aromatic carbocycles. The van der Waals surface area contributed by atoms with Crippen LogP contribution in [0.1, 0.15) is 30.1 Å². The molecule has 2 atom stereocenters. The molecule has 0 bridgehead atoms. The number of carbonyl (C=O) groups excluding carboxylic acids is 1. The molecule has 1 aliphatic rings. The Kier molecular flexibility index (Phi) is 4.13. The van der Waals surface area contributed by atoms with Crippen LogP contribution >= 0.6 is 11.3 Å². The summed E-state index contributed by atoms with van der Waals surface area (Å²) in [6.45, 7) is 5.45. The fourth-order valence-electron chi connectivity index (χ4n) is 2.06. The first-order valence-electron chi connectivity index (χ1n) is 6.09. The number of carbonyl (C=O) groups is 1. The van der Waals surface area contributed by atoms with Gasteiger partial charge in [-0.2, -0.15) is 0 Å². The Hall–Kier alpha value is -1.21. The van der Waals surface area contributed by atoms with Gasteiger partial charge in [0.2, 0.25) is 10.1 Å². The first-order chi connectivity index (χ1) is 8.63. The average molecular weight is 270 g/mol. The van der Waals surface area contributed by atoms with Crippen LogP contribution in [0, 0.1) is 0 Å². The van der Waals surface area contributed by atoms with E-state index in [0.717, 1.165) is 13.0 Å². The topological polar surface area (TPSA) is 67.4 Å². The van der Waals surface area contributed by atoms with Gasteiger partial charge in [-0.25, -0.2) is 0 Å². The second kappa shape index (κ2) is 5.62. The number of nitrogens with one attached hydrogen (secondary N) is 1. The summed E-state index contributed by atoms with van der Waals surface area (Å²) in [6, 6.07) is 0.129. The second-order valence-electron chi connectivity index (χ2n) is 4.29. The number of hydrogen-bond donors (Lipinski definition) is 1. The van der Waals surface area contributed by atoms with E-state index in [9.17, 15) is 4.79 Å². The highest BCUT2D eigenvalue weighted by Gasteiger charge is 2.32. The quantitative estimate of drug-likeness (QED) is 0.891. The molecule has 0 saturated carbocycles. The van der Waals surface area contributed by atoms with Gasteiger partial charge in [-0.15, -0.1) is 10.2 Å². The minimum Gasteiger partial charge on any atom is -0.376 e. The van der Waals surface area contributed by atoms with Gasteiger partial charge in [0.1, 0.15) is 0 Å². The summed E-state index contributed by atoms with van der Waals surface area (Å²) >= 11 is 1.29. The molecule has 1 aromatic rings. The molecule has 2 rings (SSSR count). The van der Waals surface area contributed by atoms with Crippen LogP contribution < -0.4 is 5.32 Å². The van der Waals surface area contributed by atoms with E-state index in [4.69, 9.17) is 4.74 Å². The van der Waals surface area contributed by atoms with Gasteiger partial charge in [-0.1, -0.05) is 11.3 Å². The summed E-state index contributed by atoms with van der Waals surface area (Å²) in [5.74, 6) is -0.0843. The Balaban J connectivity index is 2.05. The summed E-state index contributed by atoms with van der Waals surface area (Å²) in [7, 11) is 1.80. The molecule has 1 N–H and O–H groups in total. The van der Waals surface area contributed by atoms with Crippen molar-refractivity contribution in [2.75, 3.05) is 25.5 Å². The summed E-state index contributed by atoms with van der Waals surface area (Å²) in [5, 5.41) is 12.0. The van der Waals surface area contributed by atoms with Crippen molar-refractivity contribution in [1.82, 2.24) is 15.1 Å². The lowest BCUT2D eigenvalue weighted by Crippen LogP contribution is -2.40. The molecule has 100 valence electrons. The predicted molar refractivity (Wildman–Crippen MR) is 70.0 cm³/mol. The highest BCUT2D eigenvalue weighted by Crippen LogP contribution is 2.22. The second-order valence-corrected chi connectivity index (χ2v) is 5.27. The average Bonchev–Trinajstić information content (AvgIpc) is 2.97. The zero-order valence-corrected chi connectivity index (χ0v) is 11.7. The summed E-state index contributed by atoms with van der Waals surface area (Å²) < 4.78 is 5.48. The van der Waals surface area contributed by atoms with Crippen LogP contribution in [0.25, 0.3) is 0 Å². The van der Waals surface area contributed by atoms with Gasteiger partial charge in [-0.05, 0) is 20.3 Å². The molecule has 1 saturated heterocycles. The first kappa shape index (κ1) is 13.2. The Labute approximate surface area is 110 Å². The van der Waals surface area contributed by atoms with Crippen LogP contribution in [-0.2, 0) is 4.74 Å². The Bertz CT molecular complexity index is 423. The molecule has 7 heteroatoms. The molecule has 1 aromatic heterocycles. The highest BCUT2D eigenvalue weighted by molar-refractivity contribution is 7.17. The van der Waals surface area contributed by atoms with Crippen LogP contribution in [0.15, 0.2) is 0 Å². The van der Waals surface area contributed by atoms with E-state index >= 15 is 0 Å². The molecule has 6 nitrogen and oxygen atoms in total. The number of likely N-dealkylation sites (N-methyl/N-ethyl adjacent to an activating group) is 1. The number of amides is 1. The molecular formula is C11H18N4O2S. The van der Waals surface area contributed by atoms with Gasteiger partial charge in [-0.3, -0.25) is 4.79 Å². The third kappa shape index (κ3) is 2.62. The molecule has 18 heavy (non-hydrogen) atoms. The van der Waals surface area contributed by atoms with Crippen molar-refractivity contribution in [1.29, 1.82) is 0 Å². The number of hydrogen-bond acceptors (Lipinski definition) is 6. The summed E-state index contributed by atoms with van der Waals surface area (Å²) in [4.78, 5) is 14.0. The first-order valence-corrected chi connectivity index (χ1v) is 6.91. The fourth-order valence-corrected chi connectivity index (χ4v) is 2.86. The summed E-state index contributed by atoms with van der Waals surface area (Å²) in [5.41, 5.74) is 0. The van der Waals surface area contributed by atoms with Gasteiger partial charge in [0.05, 0.1) is 12.1 Å². The fraction of sp³-hybridized carbons (Fsp3) is 0.727. The smallest absolute Gasteiger partial charge is 0.284 e. The normalized spacial score (nSPS) is 23.1. The zero-order valence-electron chi connectivity index (χ0n) is 10.8. The number of ether oxygens (including phenoxy) is 1. The van der Waals surface area contributed by atoms with Gasteiger partial charge in [0.15, 0.2) is 0 Å². The van der Waals surface area contributed by atoms with E-state index in [0.29, 0.717) is 16.7 Å².